The summed E-state index contributed by atoms with van der Waals surface area (Å²) in [5.74, 6) is 0. The lowest BCUT2D eigenvalue weighted by Crippen LogP contribution is -2.39. The van der Waals surface area contributed by atoms with Gasteiger partial charge in [-0.15, -0.1) is 11.3 Å². The molecule has 0 aromatic carbocycles. The summed E-state index contributed by atoms with van der Waals surface area (Å²) < 4.78 is 27.7. The summed E-state index contributed by atoms with van der Waals surface area (Å²) >= 11 is 1.55. The Morgan fingerprint density at radius 1 is 1.38 bits per heavy atom. The van der Waals surface area contributed by atoms with Gasteiger partial charge in [0.25, 0.3) is 0 Å². The van der Waals surface area contributed by atoms with Crippen LogP contribution >= 0.6 is 11.3 Å². The van der Waals surface area contributed by atoms with Crippen LogP contribution in [-0.4, -0.2) is 21.0 Å². The van der Waals surface area contributed by atoms with E-state index in [-0.39, 0.29) is 5.41 Å². The Morgan fingerprint density at radius 3 is 2.57 bits per heavy atom. The molecule has 1 aromatic heterocycles. The standard InChI is InChI=1S/C15H26N2O2S2/c1-11(2)16-9-13-8-14(12(3)20-13)21(18,19)17-10-15(4)6-5-7-15/h8,11,16-17H,5-7,9-10H2,1-4H3. The van der Waals surface area contributed by atoms with Gasteiger partial charge in [-0.25, -0.2) is 13.1 Å². The van der Waals surface area contributed by atoms with Crippen LogP contribution in [0.4, 0.5) is 0 Å². The van der Waals surface area contributed by atoms with Crippen LogP contribution in [0, 0.1) is 12.3 Å². The van der Waals surface area contributed by atoms with Gasteiger partial charge in [0.05, 0.1) is 4.90 Å². The molecule has 6 heteroatoms. The van der Waals surface area contributed by atoms with Crippen molar-refractivity contribution in [2.24, 2.45) is 5.41 Å². The van der Waals surface area contributed by atoms with Crippen LogP contribution < -0.4 is 10.0 Å². The Morgan fingerprint density at radius 2 is 2.05 bits per heavy atom. The molecule has 2 N–H and O–H groups in total. The van der Waals surface area contributed by atoms with E-state index < -0.39 is 10.0 Å². The maximum absolute atomic E-state index is 12.5. The van der Waals surface area contributed by atoms with E-state index >= 15 is 0 Å². The monoisotopic (exact) mass is 330 g/mol. The Hall–Kier alpha value is -0.430. The SMILES string of the molecule is Cc1sc(CNC(C)C)cc1S(=O)(=O)NCC1(C)CCC1. The van der Waals surface area contributed by atoms with Gasteiger partial charge in [0.2, 0.25) is 10.0 Å². The van der Waals surface area contributed by atoms with Crippen molar-refractivity contribution in [1.82, 2.24) is 10.0 Å². The zero-order valence-electron chi connectivity index (χ0n) is 13.3. The van der Waals surface area contributed by atoms with Crippen molar-refractivity contribution in [3.8, 4) is 0 Å². The zero-order chi connectivity index (χ0) is 15.7. The topological polar surface area (TPSA) is 58.2 Å². The third kappa shape index (κ3) is 4.28. The molecule has 4 nitrogen and oxygen atoms in total. The molecule has 0 spiro atoms. The second-order valence-corrected chi connectivity index (χ2v) is 9.73. The molecule has 0 atom stereocenters. The van der Waals surface area contributed by atoms with Crippen molar-refractivity contribution in [2.75, 3.05) is 6.54 Å². The second kappa shape index (κ2) is 6.36. The van der Waals surface area contributed by atoms with Crippen LogP contribution in [0.1, 0.15) is 49.8 Å². The van der Waals surface area contributed by atoms with Gasteiger partial charge in [0, 0.05) is 28.9 Å². The highest BCUT2D eigenvalue weighted by molar-refractivity contribution is 7.89. The van der Waals surface area contributed by atoms with Crippen molar-refractivity contribution in [3.63, 3.8) is 0 Å². The minimum absolute atomic E-state index is 0.152. The molecule has 1 aliphatic rings. The van der Waals surface area contributed by atoms with Crippen LogP contribution in [0.3, 0.4) is 0 Å². The smallest absolute Gasteiger partial charge is 0.241 e. The van der Waals surface area contributed by atoms with E-state index in [0.29, 0.717) is 17.5 Å². The highest BCUT2D eigenvalue weighted by atomic mass is 32.2. The molecule has 1 aromatic rings. The summed E-state index contributed by atoms with van der Waals surface area (Å²) in [6.07, 6.45) is 3.43. The van der Waals surface area contributed by atoms with Gasteiger partial charge in [0.1, 0.15) is 0 Å². The number of nitrogens with one attached hydrogen (secondary N) is 2. The van der Waals surface area contributed by atoms with Crippen molar-refractivity contribution < 1.29 is 8.42 Å². The number of thiophene rings is 1. The van der Waals surface area contributed by atoms with Crippen LogP contribution in [0.2, 0.25) is 0 Å². The Labute approximate surface area is 132 Å². The average molecular weight is 331 g/mol. The highest BCUT2D eigenvalue weighted by Gasteiger charge is 2.33. The third-order valence-corrected chi connectivity index (χ3v) is 6.85. The summed E-state index contributed by atoms with van der Waals surface area (Å²) in [6, 6.07) is 2.20. The molecule has 2 rings (SSSR count). The van der Waals surface area contributed by atoms with Crippen molar-refractivity contribution in [2.45, 2.75) is 64.4 Å². The maximum atomic E-state index is 12.5. The summed E-state index contributed by atoms with van der Waals surface area (Å²) in [5.41, 5.74) is 0.152. The largest absolute Gasteiger partial charge is 0.310 e. The van der Waals surface area contributed by atoms with Crippen LogP contribution in [0.5, 0.6) is 0 Å². The molecule has 0 aliphatic heterocycles. The number of hydrogen-bond acceptors (Lipinski definition) is 4. The molecule has 120 valence electrons. The lowest BCUT2D eigenvalue weighted by atomic mass is 9.71. The molecule has 1 fully saturated rings. The second-order valence-electron chi connectivity index (χ2n) is 6.66. The summed E-state index contributed by atoms with van der Waals surface area (Å²) in [7, 11) is -3.39. The third-order valence-electron chi connectivity index (χ3n) is 4.15. The highest BCUT2D eigenvalue weighted by Crippen LogP contribution is 2.39. The fourth-order valence-corrected chi connectivity index (χ4v) is 5.27. The van der Waals surface area contributed by atoms with Crippen LogP contribution in [0.15, 0.2) is 11.0 Å². The van der Waals surface area contributed by atoms with Gasteiger partial charge in [-0.2, -0.15) is 0 Å². The molecule has 1 aliphatic carbocycles. The normalized spacial score (nSPS) is 18.0. The molecule has 0 radical (unpaired) electrons. The maximum Gasteiger partial charge on any atom is 0.241 e. The van der Waals surface area contributed by atoms with Gasteiger partial charge in [0.15, 0.2) is 0 Å². The number of sulfonamides is 1. The average Bonchev–Trinajstić information content (AvgIpc) is 2.74. The van der Waals surface area contributed by atoms with Crippen molar-refractivity contribution >= 4 is 21.4 Å². The quantitative estimate of drug-likeness (QED) is 0.808. The van der Waals surface area contributed by atoms with E-state index in [1.807, 2.05) is 6.92 Å². The first-order valence-corrected chi connectivity index (χ1v) is 9.84. The van der Waals surface area contributed by atoms with E-state index in [1.165, 1.54) is 6.42 Å². The number of aryl methyl sites for hydroxylation is 1. The first-order chi connectivity index (χ1) is 9.72. The van der Waals surface area contributed by atoms with Crippen molar-refractivity contribution in [3.05, 3.63) is 15.8 Å². The van der Waals surface area contributed by atoms with E-state index in [2.05, 4.69) is 30.8 Å². The summed E-state index contributed by atoms with van der Waals surface area (Å²) in [6.45, 7) is 9.46. The van der Waals surface area contributed by atoms with E-state index in [1.54, 1.807) is 17.4 Å². The number of hydrogen-bond donors (Lipinski definition) is 2. The first-order valence-electron chi connectivity index (χ1n) is 7.54. The fourth-order valence-electron chi connectivity index (χ4n) is 2.49. The van der Waals surface area contributed by atoms with Gasteiger partial charge < -0.3 is 5.32 Å². The minimum Gasteiger partial charge on any atom is -0.310 e. The van der Waals surface area contributed by atoms with Gasteiger partial charge in [-0.3, -0.25) is 0 Å². The van der Waals surface area contributed by atoms with E-state index in [4.69, 9.17) is 0 Å². The Balaban J connectivity index is 2.05. The molecular formula is C15H26N2O2S2. The summed E-state index contributed by atoms with van der Waals surface area (Å²) in [4.78, 5) is 2.37. The summed E-state index contributed by atoms with van der Waals surface area (Å²) in [5, 5.41) is 3.32. The van der Waals surface area contributed by atoms with Gasteiger partial charge in [-0.1, -0.05) is 27.2 Å². The fraction of sp³-hybridized carbons (Fsp3) is 0.733. The molecule has 0 amide bonds. The molecule has 0 unspecified atom stereocenters. The minimum atomic E-state index is -3.39. The molecule has 1 heterocycles. The van der Waals surface area contributed by atoms with E-state index in [0.717, 1.165) is 29.1 Å². The molecule has 0 saturated heterocycles. The van der Waals surface area contributed by atoms with Crippen LogP contribution in [0.25, 0.3) is 0 Å². The molecule has 0 bridgehead atoms. The molecule has 21 heavy (non-hydrogen) atoms. The number of rotatable bonds is 7. The first kappa shape index (κ1) is 16.9. The Bertz CT molecular complexity index is 587. The molecule has 1 saturated carbocycles. The lowest BCUT2D eigenvalue weighted by Gasteiger charge is -2.38. The van der Waals surface area contributed by atoms with E-state index in [9.17, 15) is 8.42 Å². The zero-order valence-corrected chi connectivity index (χ0v) is 15.0. The van der Waals surface area contributed by atoms with Crippen molar-refractivity contribution in [1.29, 1.82) is 0 Å². The van der Waals surface area contributed by atoms with Crippen LogP contribution in [-0.2, 0) is 16.6 Å². The Kier molecular flexibility index (Phi) is 5.13. The predicted molar refractivity (Wildman–Crippen MR) is 88.2 cm³/mol. The predicted octanol–water partition coefficient (Wildman–Crippen LogP) is 3.02. The lowest BCUT2D eigenvalue weighted by molar-refractivity contribution is 0.166. The van der Waals surface area contributed by atoms with Gasteiger partial charge >= 0.3 is 0 Å². The molecular weight excluding hydrogens is 304 g/mol. The van der Waals surface area contributed by atoms with Gasteiger partial charge in [-0.05, 0) is 31.2 Å².